The van der Waals surface area contributed by atoms with E-state index in [1.165, 1.54) is 43.2 Å². The molecule has 0 bridgehead atoms. The fourth-order valence-corrected chi connectivity index (χ4v) is 3.30. The van der Waals surface area contributed by atoms with Gasteiger partial charge in [0.1, 0.15) is 5.75 Å². The minimum atomic E-state index is 0.734. The molecular formula is C19H28O. The molecule has 0 amide bonds. The number of rotatable bonds is 6. The van der Waals surface area contributed by atoms with Gasteiger partial charge >= 0.3 is 0 Å². The van der Waals surface area contributed by atoms with Gasteiger partial charge in [-0.3, -0.25) is 0 Å². The molecule has 1 aromatic rings. The van der Waals surface area contributed by atoms with Crippen molar-refractivity contribution in [1.82, 2.24) is 0 Å². The largest absolute Gasteiger partial charge is 0.494 e. The number of ether oxygens (including phenoxy) is 1. The first-order chi connectivity index (χ1) is 9.78. The van der Waals surface area contributed by atoms with Crippen molar-refractivity contribution in [2.75, 3.05) is 6.61 Å². The summed E-state index contributed by atoms with van der Waals surface area (Å²) in [6.07, 6.45) is 9.62. The summed E-state index contributed by atoms with van der Waals surface area (Å²) in [4.78, 5) is 0. The van der Waals surface area contributed by atoms with Crippen LogP contribution in [-0.2, 0) is 6.42 Å². The standard InChI is InChI=1S/C19H28O/c1-4-7-18-14-17(12-13-19(18)20-6-3)16-10-8-15(5-2)9-11-16/h5,12-16H,2,4,6-11H2,1,3H3/t15-,16-. The Morgan fingerprint density at radius 2 is 1.95 bits per heavy atom. The summed E-state index contributed by atoms with van der Waals surface area (Å²) in [7, 11) is 0. The average Bonchev–Trinajstić information content (AvgIpc) is 2.50. The first-order valence-corrected chi connectivity index (χ1v) is 8.16. The Bertz CT molecular complexity index is 427. The zero-order valence-corrected chi connectivity index (χ0v) is 13.0. The van der Waals surface area contributed by atoms with Crippen LogP contribution in [0.4, 0.5) is 0 Å². The second-order valence-corrected chi connectivity index (χ2v) is 5.90. The predicted molar refractivity (Wildman–Crippen MR) is 86.5 cm³/mol. The maximum Gasteiger partial charge on any atom is 0.122 e. The van der Waals surface area contributed by atoms with Crippen LogP contribution >= 0.6 is 0 Å². The lowest BCUT2D eigenvalue weighted by molar-refractivity contribution is 0.335. The molecule has 0 unspecified atom stereocenters. The molecule has 0 saturated heterocycles. The molecular weight excluding hydrogens is 244 g/mol. The summed E-state index contributed by atoms with van der Waals surface area (Å²) < 4.78 is 5.75. The first kappa shape index (κ1) is 15.2. The average molecular weight is 272 g/mol. The first-order valence-electron chi connectivity index (χ1n) is 8.16. The van der Waals surface area contributed by atoms with Crippen molar-refractivity contribution >= 4 is 0 Å². The van der Waals surface area contributed by atoms with E-state index in [1.807, 2.05) is 0 Å². The van der Waals surface area contributed by atoms with Crippen LogP contribution < -0.4 is 4.74 Å². The Hall–Kier alpha value is -1.24. The molecule has 1 heteroatoms. The van der Waals surface area contributed by atoms with Crippen LogP contribution in [0.25, 0.3) is 0 Å². The van der Waals surface area contributed by atoms with Gasteiger partial charge in [-0.1, -0.05) is 31.6 Å². The smallest absolute Gasteiger partial charge is 0.122 e. The molecule has 1 nitrogen and oxygen atoms in total. The monoisotopic (exact) mass is 272 g/mol. The van der Waals surface area contributed by atoms with E-state index in [4.69, 9.17) is 4.74 Å². The molecule has 0 aliphatic heterocycles. The van der Waals surface area contributed by atoms with E-state index >= 15 is 0 Å². The molecule has 0 spiro atoms. The fourth-order valence-electron chi connectivity index (χ4n) is 3.30. The van der Waals surface area contributed by atoms with Gasteiger partial charge in [-0.15, -0.1) is 6.58 Å². The molecule has 0 radical (unpaired) electrons. The fraction of sp³-hybridized carbons (Fsp3) is 0.579. The number of benzene rings is 1. The van der Waals surface area contributed by atoms with E-state index in [1.54, 1.807) is 0 Å². The van der Waals surface area contributed by atoms with E-state index in [0.717, 1.165) is 30.6 Å². The molecule has 0 heterocycles. The Morgan fingerprint density at radius 1 is 1.20 bits per heavy atom. The maximum atomic E-state index is 5.75. The highest BCUT2D eigenvalue weighted by molar-refractivity contribution is 5.39. The predicted octanol–water partition coefficient (Wildman–Crippen LogP) is 5.50. The highest BCUT2D eigenvalue weighted by Crippen LogP contribution is 2.37. The van der Waals surface area contributed by atoms with Crippen molar-refractivity contribution in [1.29, 1.82) is 0 Å². The van der Waals surface area contributed by atoms with Crippen LogP contribution in [0, 0.1) is 5.92 Å². The van der Waals surface area contributed by atoms with Gasteiger partial charge in [-0.2, -0.15) is 0 Å². The minimum absolute atomic E-state index is 0.734. The molecule has 0 atom stereocenters. The van der Waals surface area contributed by atoms with Gasteiger partial charge in [0.2, 0.25) is 0 Å². The van der Waals surface area contributed by atoms with E-state index in [0.29, 0.717) is 0 Å². The quantitative estimate of drug-likeness (QED) is 0.621. The van der Waals surface area contributed by atoms with Crippen molar-refractivity contribution in [3.8, 4) is 5.75 Å². The summed E-state index contributed by atoms with van der Waals surface area (Å²) >= 11 is 0. The van der Waals surface area contributed by atoms with Crippen molar-refractivity contribution in [3.63, 3.8) is 0 Å². The van der Waals surface area contributed by atoms with E-state index in [9.17, 15) is 0 Å². The molecule has 0 aromatic heterocycles. The van der Waals surface area contributed by atoms with Gasteiger partial charge in [0.05, 0.1) is 6.61 Å². The molecule has 1 aromatic carbocycles. The maximum absolute atomic E-state index is 5.75. The van der Waals surface area contributed by atoms with Gasteiger partial charge < -0.3 is 4.74 Å². The van der Waals surface area contributed by atoms with Crippen molar-refractivity contribution in [2.45, 2.75) is 58.3 Å². The molecule has 20 heavy (non-hydrogen) atoms. The van der Waals surface area contributed by atoms with Crippen molar-refractivity contribution in [3.05, 3.63) is 42.0 Å². The lowest BCUT2D eigenvalue weighted by Gasteiger charge is -2.27. The Balaban J connectivity index is 2.12. The van der Waals surface area contributed by atoms with Gasteiger partial charge in [0.25, 0.3) is 0 Å². The van der Waals surface area contributed by atoms with Gasteiger partial charge in [-0.05, 0) is 68.1 Å². The molecule has 1 saturated carbocycles. The highest BCUT2D eigenvalue weighted by Gasteiger charge is 2.21. The Labute approximate surface area is 124 Å². The second-order valence-electron chi connectivity index (χ2n) is 5.90. The van der Waals surface area contributed by atoms with Crippen LogP contribution in [0.1, 0.15) is 63.0 Å². The molecule has 0 N–H and O–H groups in total. The summed E-state index contributed by atoms with van der Waals surface area (Å²) in [5.41, 5.74) is 2.90. The van der Waals surface area contributed by atoms with Crippen LogP contribution in [0.5, 0.6) is 5.75 Å². The van der Waals surface area contributed by atoms with Gasteiger partial charge in [0, 0.05) is 0 Å². The molecule has 1 aliphatic rings. The normalized spacial score (nSPS) is 22.5. The van der Waals surface area contributed by atoms with E-state index in [2.05, 4.69) is 44.7 Å². The van der Waals surface area contributed by atoms with Gasteiger partial charge in [0.15, 0.2) is 0 Å². The van der Waals surface area contributed by atoms with Crippen LogP contribution in [0.15, 0.2) is 30.9 Å². The number of hydrogen-bond donors (Lipinski definition) is 0. The zero-order chi connectivity index (χ0) is 14.4. The number of allylic oxidation sites excluding steroid dienone is 1. The van der Waals surface area contributed by atoms with Crippen LogP contribution in [0.3, 0.4) is 0 Å². The van der Waals surface area contributed by atoms with Crippen molar-refractivity contribution in [2.24, 2.45) is 5.92 Å². The van der Waals surface area contributed by atoms with Crippen molar-refractivity contribution < 1.29 is 4.74 Å². The van der Waals surface area contributed by atoms with E-state index < -0.39 is 0 Å². The summed E-state index contributed by atoms with van der Waals surface area (Å²) in [6.45, 7) is 8.98. The topological polar surface area (TPSA) is 9.23 Å². The molecule has 1 fully saturated rings. The molecule has 110 valence electrons. The van der Waals surface area contributed by atoms with Gasteiger partial charge in [-0.25, -0.2) is 0 Å². The summed E-state index contributed by atoms with van der Waals surface area (Å²) in [6, 6.07) is 6.86. The molecule has 1 aliphatic carbocycles. The highest BCUT2D eigenvalue weighted by atomic mass is 16.5. The van der Waals surface area contributed by atoms with Crippen LogP contribution in [0.2, 0.25) is 0 Å². The SMILES string of the molecule is C=C[C@H]1CC[C@H](c2ccc(OCC)c(CCC)c2)CC1. The molecule has 2 rings (SSSR count). The summed E-state index contributed by atoms with van der Waals surface area (Å²) in [5, 5.41) is 0. The van der Waals surface area contributed by atoms with E-state index in [-0.39, 0.29) is 0 Å². The lowest BCUT2D eigenvalue weighted by atomic mass is 9.78. The Morgan fingerprint density at radius 3 is 2.55 bits per heavy atom. The third-order valence-electron chi connectivity index (χ3n) is 4.48. The summed E-state index contributed by atoms with van der Waals surface area (Å²) in [5.74, 6) is 2.56. The minimum Gasteiger partial charge on any atom is -0.494 e. The zero-order valence-electron chi connectivity index (χ0n) is 13.0. The third kappa shape index (κ3) is 3.65. The number of hydrogen-bond acceptors (Lipinski definition) is 1. The Kier molecular flexibility index (Phi) is 5.70. The number of aryl methyl sites for hydroxylation is 1. The second kappa shape index (κ2) is 7.52. The lowest BCUT2D eigenvalue weighted by Crippen LogP contribution is -2.12. The third-order valence-corrected chi connectivity index (χ3v) is 4.48. The van der Waals surface area contributed by atoms with Crippen LogP contribution in [-0.4, -0.2) is 6.61 Å².